The number of carbonyl (C=O) groups excluding carboxylic acids is 1. The minimum absolute atomic E-state index is 0.179. The van der Waals surface area contributed by atoms with Gasteiger partial charge in [0.2, 0.25) is 0 Å². The number of hydrogen-bond acceptors (Lipinski definition) is 4. The van der Waals surface area contributed by atoms with Crippen molar-refractivity contribution < 1.29 is 14.3 Å². The second-order valence-electron chi connectivity index (χ2n) is 7.52. The van der Waals surface area contributed by atoms with E-state index in [9.17, 15) is 4.79 Å². The van der Waals surface area contributed by atoms with Gasteiger partial charge in [0, 0.05) is 19.6 Å². The fourth-order valence-corrected chi connectivity index (χ4v) is 3.79. The van der Waals surface area contributed by atoms with Crippen LogP contribution in [0.5, 0.6) is 11.5 Å². The van der Waals surface area contributed by atoms with Gasteiger partial charge in [-0.05, 0) is 48.6 Å². The van der Waals surface area contributed by atoms with Crippen LogP contribution < -0.4 is 14.8 Å². The molecule has 5 heteroatoms. The Balaban J connectivity index is 1.57. The third kappa shape index (κ3) is 5.04. The number of methoxy groups -OCH3 is 2. The molecule has 1 aliphatic heterocycles. The van der Waals surface area contributed by atoms with E-state index >= 15 is 0 Å². The Morgan fingerprint density at radius 3 is 2.54 bits per heavy atom. The summed E-state index contributed by atoms with van der Waals surface area (Å²) in [6.45, 7) is 6.16. The van der Waals surface area contributed by atoms with Gasteiger partial charge in [0.1, 0.15) is 0 Å². The topological polar surface area (TPSA) is 50.8 Å². The lowest BCUT2D eigenvalue weighted by Gasteiger charge is -2.30. The van der Waals surface area contributed by atoms with Gasteiger partial charge in [-0.15, -0.1) is 0 Å². The molecule has 0 spiro atoms. The zero-order valence-electron chi connectivity index (χ0n) is 17.0. The van der Waals surface area contributed by atoms with Gasteiger partial charge in [-0.25, -0.2) is 0 Å². The molecule has 0 aliphatic carbocycles. The number of nitrogens with zero attached hydrogens (tertiary/aromatic N) is 1. The predicted molar refractivity (Wildman–Crippen MR) is 111 cm³/mol. The molecule has 1 heterocycles. The number of likely N-dealkylation sites (tertiary alicyclic amines) is 1. The molecule has 2 aromatic carbocycles. The largest absolute Gasteiger partial charge is 0.493 e. The van der Waals surface area contributed by atoms with E-state index in [-0.39, 0.29) is 5.91 Å². The van der Waals surface area contributed by atoms with Gasteiger partial charge >= 0.3 is 0 Å². The first kappa shape index (κ1) is 20.2. The van der Waals surface area contributed by atoms with Gasteiger partial charge in [-0.1, -0.05) is 37.3 Å². The van der Waals surface area contributed by atoms with Crippen LogP contribution >= 0.6 is 0 Å². The maximum atomic E-state index is 12.6. The number of piperidine rings is 1. The molecule has 150 valence electrons. The molecule has 1 fully saturated rings. The van der Waals surface area contributed by atoms with Crippen LogP contribution in [-0.2, 0) is 13.1 Å². The van der Waals surface area contributed by atoms with Crippen LogP contribution in [-0.4, -0.2) is 38.1 Å². The maximum Gasteiger partial charge on any atom is 0.255 e. The molecule has 0 aromatic heterocycles. The summed E-state index contributed by atoms with van der Waals surface area (Å²) in [7, 11) is 3.10. The Morgan fingerprint density at radius 2 is 1.86 bits per heavy atom. The third-order valence-electron chi connectivity index (χ3n) is 5.27. The van der Waals surface area contributed by atoms with E-state index in [1.807, 2.05) is 0 Å². The fraction of sp³-hybridized carbons (Fsp3) is 0.435. The molecule has 5 nitrogen and oxygen atoms in total. The van der Waals surface area contributed by atoms with E-state index in [4.69, 9.17) is 9.47 Å². The second-order valence-corrected chi connectivity index (χ2v) is 7.52. The Bertz CT molecular complexity index is 789. The van der Waals surface area contributed by atoms with E-state index < -0.39 is 0 Å². The smallest absolute Gasteiger partial charge is 0.255 e. The normalized spacial score (nSPS) is 17.2. The molecule has 1 aliphatic rings. The van der Waals surface area contributed by atoms with Gasteiger partial charge in [0.15, 0.2) is 11.5 Å². The van der Waals surface area contributed by atoms with Crippen molar-refractivity contribution in [2.75, 3.05) is 27.3 Å². The first-order valence-corrected chi connectivity index (χ1v) is 9.90. The molecule has 1 amide bonds. The number of nitrogens with one attached hydrogen (secondary N) is 1. The van der Waals surface area contributed by atoms with Crippen LogP contribution in [0.2, 0.25) is 0 Å². The Morgan fingerprint density at radius 1 is 1.11 bits per heavy atom. The highest BCUT2D eigenvalue weighted by molar-refractivity contribution is 5.97. The second kappa shape index (κ2) is 9.60. The minimum Gasteiger partial charge on any atom is -0.493 e. The Hall–Kier alpha value is -2.53. The van der Waals surface area contributed by atoms with Crippen molar-refractivity contribution in [1.29, 1.82) is 0 Å². The summed E-state index contributed by atoms with van der Waals surface area (Å²) in [5.74, 6) is 1.61. The molecule has 1 saturated heterocycles. The summed E-state index contributed by atoms with van der Waals surface area (Å²) in [6.07, 6.45) is 2.63. The van der Waals surface area contributed by atoms with E-state index in [2.05, 4.69) is 41.4 Å². The summed E-state index contributed by atoms with van der Waals surface area (Å²) >= 11 is 0. The van der Waals surface area contributed by atoms with Crippen LogP contribution in [0.15, 0.2) is 42.5 Å². The molecular formula is C23H30N2O3. The minimum atomic E-state index is -0.179. The van der Waals surface area contributed by atoms with Gasteiger partial charge in [-0.3, -0.25) is 9.69 Å². The average molecular weight is 383 g/mol. The fourth-order valence-electron chi connectivity index (χ4n) is 3.79. The summed E-state index contributed by atoms with van der Waals surface area (Å²) in [5.41, 5.74) is 2.86. The molecule has 1 unspecified atom stereocenters. The lowest BCUT2D eigenvalue weighted by Crippen LogP contribution is -2.33. The molecule has 0 saturated carbocycles. The summed E-state index contributed by atoms with van der Waals surface area (Å²) in [4.78, 5) is 15.1. The van der Waals surface area contributed by atoms with Gasteiger partial charge in [0.05, 0.1) is 19.8 Å². The van der Waals surface area contributed by atoms with E-state index in [1.54, 1.807) is 25.3 Å². The van der Waals surface area contributed by atoms with Crippen molar-refractivity contribution in [2.24, 2.45) is 5.92 Å². The molecule has 1 N–H and O–H groups in total. The number of amides is 1. The van der Waals surface area contributed by atoms with Crippen LogP contribution in [0.25, 0.3) is 0 Å². The van der Waals surface area contributed by atoms with E-state index in [0.29, 0.717) is 23.6 Å². The highest BCUT2D eigenvalue weighted by Crippen LogP contribution is 2.30. The number of rotatable bonds is 7. The number of carbonyl (C=O) groups is 1. The summed E-state index contributed by atoms with van der Waals surface area (Å²) in [5, 5.41) is 2.96. The van der Waals surface area contributed by atoms with Crippen LogP contribution in [0, 0.1) is 5.92 Å². The van der Waals surface area contributed by atoms with Gasteiger partial charge < -0.3 is 14.8 Å². The first-order chi connectivity index (χ1) is 13.6. The first-order valence-electron chi connectivity index (χ1n) is 9.90. The lowest BCUT2D eigenvalue weighted by atomic mass is 9.99. The highest BCUT2D eigenvalue weighted by atomic mass is 16.5. The zero-order chi connectivity index (χ0) is 19.9. The highest BCUT2D eigenvalue weighted by Gasteiger charge is 2.17. The lowest BCUT2D eigenvalue weighted by molar-refractivity contribution is 0.0947. The standard InChI is InChI=1S/C23H30N2O3/c1-17-6-5-13-25(15-17)16-19-11-9-18(10-12-19)14-24-23(26)20-7-4-8-21(27-2)22(20)28-3/h4,7-12,17H,5-6,13-16H2,1-3H3,(H,24,26). The Kier molecular flexibility index (Phi) is 6.93. The monoisotopic (exact) mass is 382 g/mol. The van der Waals surface area contributed by atoms with Crippen molar-refractivity contribution in [3.63, 3.8) is 0 Å². The van der Waals surface area contributed by atoms with Crippen molar-refractivity contribution in [3.05, 3.63) is 59.2 Å². The molecule has 0 radical (unpaired) electrons. The Labute approximate surface area is 167 Å². The third-order valence-corrected chi connectivity index (χ3v) is 5.27. The average Bonchev–Trinajstić information content (AvgIpc) is 2.72. The van der Waals surface area contributed by atoms with E-state index in [1.165, 1.54) is 38.6 Å². The summed E-state index contributed by atoms with van der Waals surface area (Å²) < 4.78 is 10.6. The van der Waals surface area contributed by atoms with Crippen LogP contribution in [0.4, 0.5) is 0 Å². The quantitative estimate of drug-likeness (QED) is 0.790. The number of ether oxygens (including phenoxy) is 2. The SMILES string of the molecule is COc1cccc(C(=O)NCc2ccc(CN3CCCC(C)C3)cc2)c1OC. The summed E-state index contributed by atoms with van der Waals surface area (Å²) in [6, 6.07) is 13.8. The van der Waals surface area contributed by atoms with Crippen LogP contribution in [0.1, 0.15) is 41.3 Å². The number of para-hydroxylation sites is 1. The van der Waals surface area contributed by atoms with Crippen molar-refractivity contribution in [1.82, 2.24) is 10.2 Å². The van der Waals surface area contributed by atoms with Crippen molar-refractivity contribution in [2.45, 2.75) is 32.9 Å². The van der Waals surface area contributed by atoms with Gasteiger partial charge in [-0.2, -0.15) is 0 Å². The number of hydrogen-bond donors (Lipinski definition) is 1. The molecule has 28 heavy (non-hydrogen) atoms. The van der Waals surface area contributed by atoms with Crippen molar-refractivity contribution in [3.8, 4) is 11.5 Å². The predicted octanol–water partition coefficient (Wildman–Crippen LogP) is 3.87. The maximum absolute atomic E-state index is 12.6. The number of benzene rings is 2. The molecular weight excluding hydrogens is 352 g/mol. The van der Waals surface area contributed by atoms with E-state index in [0.717, 1.165) is 18.0 Å². The molecule has 2 aromatic rings. The van der Waals surface area contributed by atoms with Crippen LogP contribution in [0.3, 0.4) is 0 Å². The molecule has 3 rings (SSSR count). The van der Waals surface area contributed by atoms with Crippen molar-refractivity contribution >= 4 is 5.91 Å². The molecule has 0 bridgehead atoms. The van der Waals surface area contributed by atoms with Gasteiger partial charge in [0.25, 0.3) is 5.91 Å². The molecule has 1 atom stereocenters. The zero-order valence-corrected chi connectivity index (χ0v) is 17.0.